The number of methoxy groups -OCH3 is 1. The Kier molecular flexibility index (Phi) is 5.98. The molecule has 2 heterocycles. The monoisotopic (exact) mass is 463 g/mol. The largest absolute Gasteiger partial charge is 0.496 e. The molecule has 0 saturated carbocycles. The number of anilines is 1. The highest BCUT2D eigenvalue weighted by atomic mass is 35.5. The van der Waals surface area contributed by atoms with Crippen molar-refractivity contribution in [2.45, 2.75) is 6.54 Å². The van der Waals surface area contributed by atoms with E-state index in [2.05, 4.69) is 9.97 Å². The first-order valence-corrected chi connectivity index (χ1v) is 10.2. The van der Waals surface area contributed by atoms with Gasteiger partial charge >= 0.3 is 6.09 Å². The summed E-state index contributed by atoms with van der Waals surface area (Å²) in [5.41, 5.74) is 5.41. The third kappa shape index (κ3) is 3.76. The SMILES string of the molecule is COc1cccc(F)c1-c1c(Cl)cc2c(N3CCN(C(=O)O)CC3)nc(CN)nc2c1F. The van der Waals surface area contributed by atoms with E-state index in [-0.39, 0.29) is 52.9 Å². The predicted octanol–water partition coefficient (Wildman–Crippen LogP) is 3.50. The van der Waals surface area contributed by atoms with Gasteiger partial charge in [-0.2, -0.15) is 0 Å². The van der Waals surface area contributed by atoms with Crippen molar-refractivity contribution in [3.05, 3.63) is 46.7 Å². The van der Waals surface area contributed by atoms with E-state index < -0.39 is 17.7 Å². The van der Waals surface area contributed by atoms with Gasteiger partial charge in [-0.3, -0.25) is 0 Å². The number of halogens is 3. The number of hydrogen-bond donors (Lipinski definition) is 2. The molecule has 1 amide bonds. The lowest BCUT2D eigenvalue weighted by atomic mass is 10.0. The van der Waals surface area contributed by atoms with Gasteiger partial charge < -0.3 is 25.4 Å². The van der Waals surface area contributed by atoms with Crippen LogP contribution in [0, 0.1) is 11.6 Å². The maximum Gasteiger partial charge on any atom is 0.407 e. The first kappa shape index (κ1) is 22.0. The molecule has 1 aromatic heterocycles. The van der Waals surface area contributed by atoms with E-state index >= 15 is 4.39 Å². The highest BCUT2D eigenvalue weighted by Gasteiger charge is 2.27. The molecule has 0 bridgehead atoms. The van der Waals surface area contributed by atoms with Crippen LogP contribution in [0.4, 0.5) is 19.4 Å². The number of fused-ring (bicyclic) bond motifs is 1. The van der Waals surface area contributed by atoms with E-state index in [0.717, 1.165) is 0 Å². The van der Waals surface area contributed by atoms with Crippen molar-refractivity contribution in [1.29, 1.82) is 0 Å². The van der Waals surface area contributed by atoms with Crippen molar-refractivity contribution >= 4 is 34.4 Å². The van der Waals surface area contributed by atoms with Gasteiger partial charge in [0.05, 0.1) is 24.2 Å². The van der Waals surface area contributed by atoms with Crippen molar-refractivity contribution in [3.8, 4) is 16.9 Å². The number of piperazine rings is 1. The number of carboxylic acid groups (broad SMARTS) is 1. The number of ether oxygens (including phenoxy) is 1. The number of carbonyl (C=O) groups is 1. The smallest absolute Gasteiger partial charge is 0.407 e. The van der Waals surface area contributed by atoms with E-state index in [0.29, 0.717) is 24.3 Å². The summed E-state index contributed by atoms with van der Waals surface area (Å²) in [4.78, 5) is 23.0. The Morgan fingerprint density at radius 2 is 1.94 bits per heavy atom. The Labute approximate surface area is 187 Å². The highest BCUT2D eigenvalue weighted by Crippen LogP contribution is 2.42. The van der Waals surface area contributed by atoms with Crippen molar-refractivity contribution in [3.63, 3.8) is 0 Å². The maximum absolute atomic E-state index is 15.8. The fraction of sp³-hybridized carbons (Fsp3) is 0.286. The predicted molar refractivity (Wildman–Crippen MR) is 116 cm³/mol. The van der Waals surface area contributed by atoms with Crippen LogP contribution in [0.2, 0.25) is 5.02 Å². The van der Waals surface area contributed by atoms with Gasteiger partial charge in [0.15, 0.2) is 5.82 Å². The van der Waals surface area contributed by atoms with Crippen LogP contribution < -0.4 is 15.4 Å². The number of aromatic nitrogens is 2. The van der Waals surface area contributed by atoms with Crippen LogP contribution in [0.3, 0.4) is 0 Å². The number of nitrogens with zero attached hydrogens (tertiary/aromatic N) is 4. The molecule has 0 unspecified atom stereocenters. The third-order valence-corrected chi connectivity index (χ3v) is 5.68. The molecule has 0 atom stereocenters. The topological polar surface area (TPSA) is 105 Å². The first-order chi connectivity index (χ1) is 15.3. The molecule has 0 radical (unpaired) electrons. The summed E-state index contributed by atoms with van der Waals surface area (Å²) in [5.74, 6) is -0.793. The van der Waals surface area contributed by atoms with Crippen LogP contribution in [0.15, 0.2) is 24.3 Å². The first-order valence-electron chi connectivity index (χ1n) is 9.80. The quantitative estimate of drug-likeness (QED) is 0.610. The Morgan fingerprint density at radius 1 is 1.22 bits per heavy atom. The zero-order valence-corrected chi connectivity index (χ0v) is 17.9. The van der Waals surface area contributed by atoms with E-state index in [1.54, 1.807) is 0 Å². The minimum Gasteiger partial charge on any atom is -0.496 e. The maximum atomic E-state index is 15.8. The molecule has 32 heavy (non-hydrogen) atoms. The molecule has 168 valence electrons. The van der Waals surface area contributed by atoms with E-state index in [4.69, 9.17) is 22.1 Å². The van der Waals surface area contributed by atoms with Gasteiger partial charge in [-0.05, 0) is 18.2 Å². The lowest BCUT2D eigenvalue weighted by Gasteiger charge is -2.34. The summed E-state index contributed by atoms with van der Waals surface area (Å²) >= 11 is 6.45. The summed E-state index contributed by atoms with van der Waals surface area (Å²) < 4.78 is 35.7. The van der Waals surface area contributed by atoms with Gasteiger partial charge in [0, 0.05) is 37.1 Å². The average Bonchev–Trinajstić information content (AvgIpc) is 2.79. The zero-order chi connectivity index (χ0) is 23.0. The summed E-state index contributed by atoms with van der Waals surface area (Å²) in [6, 6.07) is 5.64. The van der Waals surface area contributed by atoms with Crippen LogP contribution in [0.1, 0.15) is 5.82 Å². The summed E-state index contributed by atoms with van der Waals surface area (Å²) in [5, 5.41) is 9.48. The van der Waals surface area contributed by atoms with E-state index in [9.17, 15) is 14.3 Å². The second-order valence-corrected chi connectivity index (χ2v) is 7.59. The summed E-state index contributed by atoms with van der Waals surface area (Å²) in [6.45, 7) is 1.19. The summed E-state index contributed by atoms with van der Waals surface area (Å²) in [6.07, 6.45) is -1.00. The number of benzene rings is 2. The number of hydrogen-bond acceptors (Lipinski definition) is 6. The van der Waals surface area contributed by atoms with Crippen LogP contribution in [0.5, 0.6) is 5.75 Å². The van der Waals surface area contributed by atoms with E-state index in [1.807, 2.05) is 4.90 Å². The molecule has 4 rings (SSSR count). The standard InChI is InChI=1S/C21H20ClF2N5O3/c1-32-14-4-2-3-13(23)17(14)16-12(22)9-11-19(18(16)24)26-15(10-25)27-20(11)28-5-7-29(8-6-28)21(30)31/h2-4,9H,5-8,10,25H2,1H3,(H,30,31). The van der Waals surface area contributed by atoms with Gasteiger partial charge in [0.1, 0.15) is 28.7 Å². The lowest BCUT2D eigenvalue weighted by Crippen LogP contribution is -2.48. The second kappa shape index (κ2) is 8.71. The molecule has 3 aromatic rings. The molecule has 8 nitrogen and oxygen atoms in total. The molecule has 3 N–H and O–H groups in total. The molecule has 2 aromatic carbocycles. The van der Waals surface area contributed by atoms with Crippen molar-refractivity contribution in [2.24, 2.45) is 5.73 Å². The molecule has 1 fully saturated rings. The molecular weight excluding hydrogens is 444 g/mol. The molecule has 1 aliphatic heterocycles. The van der Waals surface area contributed by atoms with Crippen molar-refractivity contribution < 1.29 is 23.4 Å². The Hall–Kier alpha value is -3.24. The van der Waals surface area contributed by atoms with Gasteiger partial charge in [-0.15, -0.1) is 0 Å². The molecule has 0 spiro atoms. The van der Waals surface area contributed by atoms with E-state index in [1.165, 1.54) is 36.3 Å². The van der Waals surface area contributed by atoms with Crippen molar-refractivity contribution in [1.82, 2.24) is 14.9 Å². The lowest BCUT2D eigenvalue weighted by molar-refractivity contribution is 0.142. The highest BCUT2D eigenvalue weighted by molar-refractivity contribution is 6.34. The van der Waals surface area contributed by atoms with Crippen LogP contribution in [-0.2, 0) is 6.54 Å². The van der Waals surface area contributed by atoms with Gasteiger partial charge in [-0.1, -0.05) is 17.7 Å². The molecule has 1 saturated heterocycles. The van der Waals surface area contributed by atoms with Crippen molar-refractivity contribution in [2.75, 3.05) is 38.2 Å². The molecule has 11 heteroatoms. The number of nitrogens with two attached hydrogens (primary N) is 1. The minimum absolute atomic E-state index is 0.0343. The van der Waals surface area contributed by atoms with Crippen LogP contribution in [-0.4, -0.2) is 59.4 Å². The average molecular weight is 464 g/mol. The number of rotatable bonds is 4. The molecule has 1 aliphatic rings. The van der Waals surface area contributed by atoms with Gasteiger partial charge in [-0.25, -0.2) is 23.5 Å². The summed E-state index contributed by atoms with van der Waals surface area (Å²) in [7, 11) is 1.36. The minimum atomic E-state index is -1.00. The normalized spacial score (nSPS) is 14.2. The Balaban J connectivity index is 1.90. The second-order valence-electron chi connectivity index (χ2n) is 7.18. The van der Waals surface area contributed by atoms with Gasteiger partial charge in [0.25, 0.3) is 0 Å². The third-order valence-electron chi connectivity index (χ3n) is 5.39. The zero-order valence-electron chi connectivity index (χ0n) is 17.1. The van der Waals surface area contributed by atoms with Crippen LogP contribution in [0.25, 0.3) is 22.0 Å². The molecular formula is C21H20ClF2N5O3. The van der Waals surface area contributed by atoms with Gasteiger partial charge in [0.2, 0.25) is 0 Å². The Bertz CT molecular complexity index is 1200. The van der Waals surface area contributed by atoms with Crippen LogP contribution >= 0.6 is 11.6 Å². The Morgan fingerprint density at radius 3 is 2.56 bits per heavy atom. The fourth-order valence-corrected chi connectivity index (χ4v) is 4.10. The number of amides is 1. The fourth-order valence-electron chi connectivity index (χ4n) is 3.81. The molecule has 0 aliphatic carbocycles.